The number of rotatable bonds is 3. The summed E-state index contributed by atoms with van der Waals surface area (Å²) in [6, 6.07) is 9.32. The van der Waals surface area contributed by atoms with Gasteiger partial charge in [0.15, 0.2) is 11.5 Å². The van der Waals surface area contributed by atoms with Gasteiger partial charge >= 0.3 is 6.03 Å². The molecule has 132 valence electrons. The maximum absolute atomic E-state index is 13.0. The van der Waals surface area contributed by atoms with E-state index in [0.717, 1.165) is 17.5 Å². The smallest absolute Gasteiger partial charge is 0.322 e. The minimum absolute atomic E-state index is 0.107. The van der Waals surface area contributed by atoms with Crippen LogP contribution >= 0.6 is 0 Å². The number of anilines is 1. The van der Waals surface area contributed by atoms with Crippen molar-refractivity contribution in [3.63, 3.8) is 0 Å². The van der Waals surface area contributed by atoms with Crippen molar-refractivity contribution in [2.75, 3.05) is 26.1 Å². The maximum atomic E-state index is 13.0. The molecule has 0 bridgehead atoms. The van der Waals surface area contributed by atoms with Crippen molar-refractivity contribution in [2.24, 2.45) is 0 Å². The lowest BCUT2D eigenvalue weighted by atomic mass is 9.93. The van der Waals surface area contributed by atoms with Crippen LogP contribution in [0.25, 0.3) is 0 Å². The molecule has 1 atom stereocenters. The summed E-state index contributed by atoms with van der Waals surface area (Å²) in [4.78, 5) is 14.4. The number of methoxy groups -OCH3 is 2. The van der Waals surface area contributed by atoms with Crippen LogP contribution < -0.4 is 14.8 Å². The van der Waals surface area contributed by atoms with Gasteiger partial charge < -0.3 is 19.7 Å². The molecule has 2 aromatic carbocycles. The Morgan fingerprint density at radius 1 is 1.16 bits per heavy atom. The molecule has 1 aliphatic heterocycles. The second-order valence-electron chi connectivity index (χ2n) is 5.96. The Kier molecular flexibility index (Phi) is 4.79. The molecule has 0 spiro atoms. The third kappa shape index (κ3) is 3.38. The molecule has 0 saturated carbocycles. The van der Waals surface area contributed by atoms with Crippen molar-refractivity contribution in [3.05, 3.63) is 53.3 Å². The number of carbonyl (C=O) groups excluding carboxylic acids is 1. The van der Waals surface area contributed by atoms with Gasteiger partial charge in [-0.1, -0.05) is 0 Å². The van der Waals surface area contributed by atoms with E-state index in [4.69, 9.17) is 9.47 Å². The van der Waals surface area contributed by atoms with Crippen molar-refractivity contribution in [1.29, 1.82) is 0 Å². The highest BCUT2D eigenvalue weighted by Crippen LogP contribution is 2.38. The van der Waals surface area contributed by atoms with Crippen molar-refractivity contribution < 1.29 is 18.7 Å². The summed E-state index contributed by atoms with van der Waals surface area (Å²) in [7, 11) is 3.20. The van der Waals surface area contributed by atoms with Crippen molar-refractivity contribution in [2.45, 2.75) is 19.4 Å². The number of fused-ring (bicyclic) bond motifs is 1. The fourth-order valence-corrected chi connectivity index (χ4v) is 3.15. The first-order chi connectivity index (χ1) is 12.0. The monoisotopic (exact) mass is 344 g/mol. The highest BCUT2D eigenvalue weighted by Gasteiger charge is 2.29. The van der Waals surface area contributed by atoms with Crippen LogP contribution in [0.5, 0.6) is 11.5 Å². The Hall–Kier alpha value is -2.76. The minimum atomic E-state index is -0.334. The maximum Gasteiger partial charge on any atom is 0.322 e. The highest BCUT2D eigenvalue weighted by atomic mass is 19.1. The molecular formula is C19H21FN2O3. The van der Waals surface area contributed by atoms with Gasteiger partial charge in [0.25, 0.3) is 0 Å². The minimum Gasteiger partial charge on any atom is -0.493 e. The van der Waals surface area contributed by atoms with Gasteiger partial charge in [0, 0.05) is 12.2 Å². The van der Waals surface area contributed by atoms with E-state index < -0.39 is 0 Å². The zero-order valence-corrected chi connectivity index (χ0v) is 14.5. The summed E-state index contributed by atoms with van der Waals surface area (Å²) in [6.45, 7) is 2.57. The van der Waals surface area contributed by atoms with Gasteiger partial charge in [0.05, 0.1) is 20.3 Å². The van der Waals surface area contributed by atoms with E-state index in [1.165, 1.54) is 12.1 Å². The lowest BCUT2D eigenvalue weighted by molar-refractivity contribution is 0.188. The molecule has 1 N–H and O–H groups in total. The third-order valence-electron chi connectivity index (χ3n) is 4.54. The fourth-order valence-electron chi connectivity index (χ4n) is 3.15. The molecule has 25 heavy (non-hydrogen) atoms. The molecular weight excluding hydrogens is 323 g/mol. The number of ether oxygens (including phenoxy) is 2. The van der Waals surface area contributed by atoms with Crippen LogP contribution in [0.3, 0.4) is 0 Å². The van der Waals surface area contributed by atoms with Crippen molar-refractivity contribution >= 4 is 11.7 Å². The lowest BCUT2D eigenvalue weighted by Crippen LogP contribution is -2.41. The van der Waals surface area contributed by atoms with E-state index in [0.29, 0.717) is 23.7 Å². The first kappa shape index (κ1) is 17.1. The van der Waals surface area contributed by atoms with Gasteiger partial charge in [-0.15, -0.1) is 0 Å². The van der Waals surface area contributed by atoms with E-state index in [2.05, 4.69) is 5.32 Å². The third-order valence-corrected chi connectivity index (χ3v) is 4.54. The van der Waals surface area contributed by atoms with E-state index in [1.54, 1.807) is 31.3 Å². The Bertz CT molecular complexity index is 777. The number of benzene rings is 2. The average Bonchev–Trinajstić information content (AvgIpc) is 2.62. The van der Waals surface area contributed by atoms with Gasteiger partial charge in [-0.3, -0.25) is 0 Å². The molecule has 2 amide bonds. The molecule has 5 nitrogen and oxygen atoms in total. The molecule has 0 aromatic heterocycles. The number of nitrogens with one attached hydrogen (secondary N) is 1. The van der Waals surface area contributed by atoms with Gasteiger partial charge in [0.1, 0.15) is 5.82 Å². The molecule has 0 fully saturated rings. The first-order valence-corrected chi connectivity index (χ1v) is 8.11. The van der Waals surface area contributed by atoms with E-state index in [9.17, 15) is 9.18 Å². The van der Waals surface area contributed by atoms with Crippen LogP contribution in [0, 0.1) is 5.82 Å². The van der Waals surface area contributed by atoms with E-state index >= 15 is 0 Å². The lowest BCUT2D eigenvalue weighted by Gasteiger charge is -2.35. The molecule has 1 aliphatic rings. The zero-order valence-electron chi connectivity index (χ0n) is 14.5. The van der Waals surface area contributed by atoms with E-state index in [-0.39, 0.29) is 17.9 Å². The number of hydrogen-bond acceptors (Lipinski definition) is 3. The number of carbonyl (C=O) groups is 1. The number of halogens is 1. The van der Waals surface area contributed by atoms with Crippen LogP contribution in [0.15, 0.2) is 36.4 Å². The molecule has 3 rings (SSSR count). The normalized spacial score (nSPS) is 16.2. The van der Waals surface area contributed by atoms with Gasteiger partial charge in [0.2, 0.25) is 0 Å². The molecule has 6 heteroatoms. The SMILES string of the molecule is COc1cc2c(cc1OC)C(C)N(C(=O)Nc1ccc(F)cc1)CC2. The van der Waals surface area contributed by atoms with Gasteiger partial charge in [-0.25, -0.2) is 9.18 Å². The zero-order chi connectivity index (χ0) is 18.0. The van der Waals surface area contributed by atoms with E-state index in [1.807, 2.05) is 19.1 Å². The van der Waals surface area contributed by atoms with Gasteiger partial charge in [-0.2, -0.15) is 0 Å². The Labute approximate surface area is 146 Å². The van der Waals surface area contributed by atoms with Crippen LogP contribution in [0.2, 0.25) is 0 Å². The largest absolute Gasteiger partial charge is 0.493 e. The highest BCUT2D eigenvalue weighted by molar-refractivity contribution is 5.89. The Morgan fingerprint density at radius 2 is 1.80 bits per heavy atom. The number of nitrogens with zero attached hydrogens (tertiary/aromatic N) is 1. The average molecular weight is 344 g/mol. The Balaban J connectivity index is 1.81. The molecule has 0 aliphatic carbocycles. The topological polar surface area (TPSA) is 50.8 Å². The number of hydrogen-bond donors (Lipinski definition) is 1. The molecule has 1 unspecified atom stereocenters. The molecule has 1 heterocycles. The summed E-state index contributed by atoms with van der Waals surface area (Å²) in [6.07, 6.45) is 0.733. The fraction of sp³-hybridized carbons (Fsp3) is 0.316. The summed E-state index contributed by atoms with van der Waals surface area (Å²) in [5, 5.41) is 2.82. The standard InChI is InChI=1S/C19H21FN2O3/c1-12-16-11-18(25-3)17(24-2)10-13(16)8-9-22(12)19(23)21-15-6-4-14(20)5-7-15/h4-7,10-12H,8-9H2,1-3H3,(H,21,23). The molecule has 0 saturated heterocycles. The summed E-state index contributed by atoms with van der Waals surface area (Å²) < 4.78 is 23.7. The van der Waals surface area contributed by atoms with Crippen LogP contribution in [0.1, 0.15) is 24.1 Å². The van der Waals surface area contributed by atoms with Crippen molar-refractivity contribution in [3.8, 4) is 11.5 Å². The molecule has 0 radical (unpaired) electrons. The Morgan fingerprint density at radius 3 is 2.44 bits per heavy atom. The quantitative estimate of drug-likeness (QED) is 0.916. The second kappa shape index (κ2) is 7.01. The second-order valence-corrected chi connectivity index (χ2v) is 5.96. The van der Waals surface area contributed by atoms with Crippen LogP contribution in [-0.2, 0) is 6.42 Å². The predicted octanol–water partition coefficient (Wildman–Crippen LogP) is 3.99. The van der Waals surface area contributed by atoms with Crippen LogP contribution in [-0.4, -0.2) is 31.7 Å². The van der Waals surface area contributed by atoms with Gasteiger partial charge in [-0.05, 0) is 60.9 Å². The number of urea groups is 1. The first-order valence-electron chi connectivity index (χ1n) is 8.11. The molecule has 2 aromatic rings. The van der Waals surface area contributed by atoms with Crippen molar-refractivity contribution in [1.82, 2.24) is 4.90 Å². The summed E-state index contributed by atoms with van der Waals surface area (Å²) in [5.74, 6) is 1.01. The van der Waals surface area contributed by atoms with Crippen LogP contribution in [0.4, 0.5) is 14.9 Å². The summed E-state index contributed by atoms with van der Waals surface area (Å²) in [5.41, 5.74) is 2.76. The summed E-state index contributed by atoms with van der Waals surface area (Å²) >= 11 is 0. The predicted molar refractivity (Wildman–Crippen MR) is 93.8 cm³/mol. The number of amides is 2.